The molecule has 124 valence electrons. The van der Waals surface area contributed by atoms with E-state index in [1.54, 1.807) is 0 Å². The smallest absolute Gasteiger partial charge is 0.234 e. The summed E-state index contributed by atoms with van der Waals surface area (Å²) in [5.41, 5.74) is 6.78. The van der Waals surface area contributed by atoms with E-state index in [9.17, 15) is 9.59 Å². The molecule has 0 radical (unpaired) electrons. The number of rotatable bonds is 8. The maximum atomic E-state index is 12.1. The maximum Gasteiger partial charge on any atom is 0.234 e. The lowest BCUT2D eigenvalue weighted by Crippen LogP contribution is -2.46. The van der Waals surface area contributed by atoms with Crippen LogP contribution in [-0.2, 0) is 9.59 Å². The quantitative estimate of drug-likeness (QED) is 0.671. The summed E-state index contributed by atoms with van der Waals surface area (Å²) < 4.78 is 0. The third-order valence-electron chi connectivity index (χ3n) is 4.70. The molecule has 0 atom stereocenters. The number of amides is 2. The molecule has 2 amide bonds. The number of allylic oxidation sites excluding steroid dienone is 1. The van der Waals surface area contributed by atoms with Crippen LogP contribution in [0.4, 0.5) is 0 Å². The van der Waals surface area contributed by atoms with Crippen molar-refractivity contribution in [1.29, 1.82) is 0 Å². The van der Waals surface area contributed by atoms with Gasteiger partial charge in [0.25, 0.3) is 0 Å². The van der Waals surface area contributed by atoms with Gasteiger partial charge in [-0.05, 0) is 44.9 Å². The van der Waals surface area contributed by atoms with Gasteiger partial charge in [-0.3, -0.25) is 14.5 Å². The van der Waals surface area contributed by atoms with Crippen molar-refractivity contribution in [3.05, 3.63) is 11.6 Å². The van der Waals surface area contributed by atoms with Gasteiger partial charge in [0.05, 0.1) is 13.1 Å². The second kappa shape index (κ2) is 8.93. The summed E-state index contributed by atoms with van der Waals surface area (Å²) >= 11 is 0. The van der Waals surface area contributed by atoms with E-state index < -0.39 is 0 Å². The van der Waals surface area contributed by atoms with Crippen LogP contribution in [0.25, 0.3) is 0 Å². The first kappa shape index (κ1) is 17.0. The zero-order valence-electron chi connectivity index (χ0n) is 13.5. The third-order valence-corrected chi connectivity index (χ3v) is 4.70. The zero-order valence-corrected chi connectivity index (χ0v) is 13.5. The molecule has 22 heavy (non-hydrogen) atoms. The molecule has 0 aliphatic heterocycles. The fourth-order valence-electron chi connectivity index (χ4n) is 3.52. The van der Waals surface area contributed by atoms with Gasteiger partial charge in [0.1, 0.15) is 0 Å². The minimum absolute atomic E-state index is 0.00422. The summed E-state index contributed by atoms with van der Waals surface area (Å²) in [5.74, 6) is -0.350. The van der Waals surface area contributed by atoms with Gasteiger partial charge in [-0.15, -0.1) is 0 Å². The van der Waals surface area contributed by atoms with Crippen LogP contribution in [0.3, 0.4) is 0 Å². The number of primary amides is 1. The number of hydrogen-bond donors (Lipinski definition) is 2. The van der Waals surface area contributed by atoms with Crippen LogP contribution in [0.15, 0.2) is 11.6 Å². The largest absolute Gasteiger partial charge is 0.369 e. The minimum atomic E-state index is -0.355. The highest BCUT2D eigenvalue weighted by molar-refractivity contribution is 5.80. The number of nitrogens with zero attached hydrogens (tertiary/aromatic N) is 1. The molecule has 2 aliphatic carbocycles. The molecule has 5 nitrogen and oxygen atoms in total. The lowest BCUT2D eigenvalue weighted by molar-refractivity contribution is -0.124. The fourth-order valence-corrected chi connectivity index (χ4v) is 3.52. The Labute approximate surface area is 133 Å². The van der Waals surface area contributed by atoms with E-state index in [-0.39, 0.29) is 24.9 Å². The van der Waals surface area contributed by atoms with Crippen molar-refractivity contribution in [2.45, 2.75) is 63.8 Å². The monoisotopic (exact) mass is 307 g/mol. The lowest BCUT2D eigenvalue weighted by atomic mass is 9.97. The summed E-state index contributed by atoms with van der Waals surface area (Å²) in [4.78, 5) is 25.3. The Bertz CT molecular complexity index is 414. The molecule has 2 aliphatic rings. The second-order valence-corrected chi connectivity index (χ2v) is 6.52. The Balaban J connectivity index is 1.72. The van der Waals surface area contributed by atoms with E-state index in [0.717, 1.165) is 19.3 Å². The van der Waals surface area contributed by atoms with Gasteiger partial charge in [-0.1, -0.05) is 24.5 Å². The molecule has 2 rings (SSSR count). The van der Waals surface area contributed by atoms with Crippen molar-refractivity contribution in [2.75, 3.05) is 19.6 Å². The normalized spacial score (nSPS) is 19.2. The summed E-state index contributed by atoms with van der Waals surface area (Å²) in [7, 11) is 0. The van der Waals surface area contributed by atoms with Gasteiger partial charge in [0.2, 0.25) is 11.8 Å². The minimum Gasteiger partial charge on any atom is -0.369 e. The first-order valence-electron chi connectivity index (χ1n) is 8.62. The Morgan fingerprint density at radius 2 is 1.95 bits per heavy atom. The molecule has 1 fully saturated rings. The topological polar surface area (TPSA) is 75.4 Å². The zero-order chi connectivity index (χ0) is 15.8. The van der Waals surface area contributed by atoms with Crippen LogP contribution in [0.1, 0.15) is 57.8 Å². The standard InChI is InChI=1S/C17H29N3O2/c18-16(21)12-20(15-8-4-5-9-15)13-17(22)19-11-10-14-6-2-1-3-7-14/h6,15H,1-5,7-13H2,(H2,18,21)(H,19,22). The average Bonchev–Trinajstić information content (AvgIpc) is 3.01. The molecule has 0 spiro atoms. The third kappa shape index (κ3) is 5.79. The van der Waals surface area contributed by atoms with Crippen LogP contribution in [0.2, 0.25) is 0 Å². The van der Waals surface area contributed by atoms with Crippen molar-refractivity contribution in [2.24, 2.45) is 5.73 Å². The highest BCUT2D eigenvalue weighted by Crippen LogP contribution is 2.23. The molecular weight excluding hydrogens is 278 g/mol. The van der Waals surface area contributed by atoms with Crippen LogP contribution in [0, 0.1) is 0 Å². The molecule has 0 aromatic carbocycles. The Kier molecular flexibility index (Phi) is 6.90. The molecule has 0 unspecified atom stereocenters. The van der Waals surface area contributed by atoms with Crippen LogP contribution in [0.5, 0.6) is 0 Å². The molecule has 0 saturated heterocycles. The van der Waals surface area contributed by atoms with Gasteiger partial charge in [-0.25, -0.2) is 0 Å². The van der Waals surface area contributed by atoms with Crippen molar-refractivity contribution in [3.8, 4) is 0 Å². The van der Waals surface area contributed by atoms with Crippen LogP contribution >= 0.6 is 0 Å². The molecule has 0 aromatic rings. The SMILES string of the molecule is NC(=O)CN(CC(=O)NCCC1=CCCCC1)C1CCCC1. The predicted molar refractivity (Wildman–Crippen MR) is 87.2 cm³/mol. The van der Waals surface area contributed by atoms with E-state index in [4.69, 9.17) is 5.73 Å². The second-order valence-electron chi connectivity index (χ2n) is 6.52. The highest BCUT2D eigenvalue weighted by atomic mass is 16.2. The van der Waals surface area contributed by atoms with E-state index >= 15 is 0 Å². The summed E-state index contributed by atoms with van der Waals surface area (Å²) in [6.45, 7) is 1.16. The number of nitrogens with two attached hydrogens (primary N) is 1. The first-order valence-corrected chi connectivity index (χ1v) is 8.62. The number of carbonyl (C=O) groups excluding carboxylic acids is 2. The Morgan fingerprint density at radius 3 is 2.59 bits per heavy atom. The molecule has 5 heteroatoms. The van der Waals surface area contributed by atoms with Crippen molar-refractivity contribution in [3.63, 3.8) is 0 Å². The van der Waals surface area contributed by atoms with E-state index in [0.29, 0.717) is 12.6 Å². The van der Waals surface area contributed by atoms with Crippen molar-refractivity contribution < 1.29 is 9.59 Å². The van der Waals surface area contributed by atoms with Gasteiger partial charge in [-0.2, -0.15) is 0 Å². The molecular formula is C17H29N3O2. The van der Waals surface area contributed by atoms with Crippen molar-refractivity contribution >= 4 is 11.8 Å². The van der Waals surface area contributed by atoms with Crippen LogP contribution in [-0.4, -0.2) is 42.4 Å². The lowest BCUT2D eigenvalue weighted by Gasteiger charge is -2.26. The van der Waals surface area contributed by atoms with Gasteiger partial charge in [0, 0.05) is 12.6 Å². The summed E-state index contributed by atoms with van der Waals surface area (Å²) in [5, 5.41) is 2.98. The number of carbonyl (C=O) groups is 2. The predicted octanol–water partition coefficient (Wildman–Crippen LogP) is 1.72. The van der Waals surface area contributed by atoms with E-state index in [1.807, 2.05) is 4.90 Å². The molecule has 0 bridgehead atoms. The van der Waals surface area contributed by atoms with E-state index in [1.165, 1.54) is 44.1 Å². The summed E-state index contributed by atoms with van der Waals surface area (Å²) in [6.07, 6.45) is 12.7. The maximum absolute atomic E-state index is 12.1. The molecule has 1 saturated carbocycles. The Morgan fingerprint density at radius 1 is 1.18 bits per heavy atom. The van der Waals surface area contributed by atoms with Crippen LogP contribution < -0.4 is 11.1 Å². The average molecular weight is 307 g/mol. The highest BCUT2D eigenvalue weighted by Gasteiger charge is 2.25. The summed E-state index contributed by atoms with van der Waals surface area (Å²) in [6, 6.07) is 0.333. The fraction of sp³-hybridized carbons (Fsp3) is 0.765. The van der Waals surface area contributed by atoms with Gasteiger partial charge >= 0.3 is 0 Å². The number of hydrogen-bond acceptors (Lipinski definition) is 3. The molecule has 0 aromatic heterocycles. The molecule has 0 heterocycles. The van der Waals surface area contributed by atoms with Crippen molar-refractivity contribution in [1.82, 2.24) is 10.2 Å². The van der Waals surface area contributed by atoms with Gasteiger partial charge in [0.15, 0.2) is 0 Å². The van der Waals surface area contributed by atoms with E-state index in [2.05, 4.69) is 11.4 Å². The number of nitrogens with one attached hydrogen (secondary N) is 1. The Hall–Kier alpha value is -1.36. The first-order chi connectivity index (χ1) is 10.6. The molecule has 3 N–H and O–H groups in total. The van der Waals surface area contributed by atoms with Gasteiger partial charge < -0.3 is 11.1 Å².